The van der Waals surface area contributed by atoms with Crippen LogP contribution in [0.4, 0.5) is 0 Å². The number of unbranched alkanes of at least 4 members (excludes halogenated alkanes) is 1. The second kappa shape index (κ2) is 8.08. The third kappa shape index (κ3) is 4.26. The summed E-state index contributed by atoms with van der Waals surface area (Å²) in [5.74, 6) is 3.85. The van der Waals surface area contributed by atoms with Gasteiger partial charge < -0.3 is 9.47 Å². The molecule has 2 saturated carbocycles. The van der Waals surface area contributed by atoms with Crippen LogP contribution in [-0.4, -0.2) is 25.2 Å². The standard InChI is InChI=1S/C21H28O4/c1-3-16-10-14(2)11-18(16)20(22)24-8-4-5-9-25-21(23)19-13-15-6-7-17(19)12-15/h1,6-7,14-19H,4-5,8-13H2,2H3. The molecule has 2 fully saturated rings. The molecule has 0 heterocycles. The summed E-state index contributed by atoms with van der Waals surface area (Å²) in [4.78, 5) is 24.2. The van der Waals surface area contributed by atoms with Crippen molar-refractivity contribution in [1.82, 2.24) is 0 Å². The first-order valence-electron chi connectivity index (χ1n) is 9.56. The number of rotatable bonds is 7. The molecule has 2 bridgehead atoms. The molecule has 0 N–H and O–H groups in total. The van der Waals surface area contributed by atoms with Crippen LogP contribution in [0.1, 0.15) is 45.4 Å². The van der Waals surface area contributed by atoms with E-state index < -0.39 is 0 Å². The van der Waals surface area contributed by atoms with E-state index in [0.717, 1.165) is 32.1 Å². The van der Waals surface area contributed by atoms with Crippen molar-refractivity contribution in [1.29, 1.82) is 0 Å². The zero-order valence-corrected chi connectivity index (χ0v) is 15.0. The number of hydrogen-bond donors (Lipinski definition) is 0. The Morgan fingerprint density at radius 2 is 1.68 bits per heavy atom. The largest absolute Gasteiger partial charge is 0.465 e. The monoisotopic (exact) mass is 344 g/mol. The lowest BCUT2D eigenvalue weighted by Gasteiger charge is -2.16. The van der Waals surface area contributed by atoms with Gasteiger partial charge in [-0.2, -0.15) is 0 Å². The second-order valence-corrected chi connectivity index (χ2v) is 7.89. The summed E-state index contributed by atoms with van der Waals surface area (Å²) in [7, 11) is 0. The zero-order valence-electron chi connectivity index (χ0n) is 15.0. The van der Waals surface area contributed by atoms with E-state index in [1.165, 1.54) is 0 Å². The van der Waals surface area contributed by atoms with Crippen LogP contribution in [0, 0.1) is 47.9 Å². The van der Waals surface area contributed by atoms with Crippen molar-refractivity contribution in [2.75, 3.05) is 13.2 Å². The predicted octanol–water partition coefficient (Wildman–Crippen LogP) is 3.36. The van der Waals surface area contributed by atoms with Gasteiger partial charge in [0.1, 0.15) is 0 Å². The van der Waals surface area contributed by atoms with Gasteiger partial charge in [0, 0.05) is 5.92 Å². The third-order valence-corrected chi connectivity index (χ3v) is 5.92. The minimum Gasteiger partial charge on any atom is -0.465 e. The number of terminal acetylenes is 1. The van der Waals surface area contributed by atoms with Crippen molar-refractivity contribution in [2.45, 2.75) is 45.4 Å². The number of fused-ring (bicyclic) bond motifs is 2. The average molecular weight is 344 g/mol. The minimum atomic E-state index is -0.168. The molecule has 0 saturated heterocycles. The van der Waals surface area contributed by atoms with Gasteiger partial charge in [-0.05, 0) is 56.3 Å². The van der Waals surface area contributed by atoms with Gasteiger partial charge in [0.15, 0.2) is 0 Å². The number of hydrogen-bond acceptors (Lipinski definition) is 4. The lowest BCUT2D eigenvalue weighted by atomic mass is 9.94. The fourth-order valence-corrected chi connectivity index (χ4v) is 4.55. The number of carbonyl (C=O) groups excluding carboxylic acids is 2. The molecule has 4 nitrogen and oxygen atoms in total. The Morgan fingerprint density at radius 1 is 1.00 bits per heavy atom. The fourth-order valence-electron chi connectivity index (χ4n) is 4.55. The highest BCUT2D eigenvalue weighted by Gasteiger charge is 2.40. The molecule has 0 aromatic rings. The summed E-state index contributed by atoms with van der Waals surface area (Å²) in [6.45, 7) is 2.90. The van der Waals surface area contributed by atoms with Gasteiger partial charge in [-0.3, -0.25) is 9.59 Å². The van der Waals surface area contributed by atoms with Gasteiger partial charge in [-0.15, -0.1) is 12.3 Å². The van der Waals surface area contributed by atoms with Crippen LogP contribution < -0.4 is 0 Å². The Balaban J connectivity index is 1.27. The van der Waals surface area contributed by atoms with E-state index in [9.17, 15) is 9.59 Å². The van der Waals surface area contributed by atoms with Crippen molar-refractivity contribution in [3.63, 3.8) is 0 Å². The van der Waals surface area contributed by atoms with Crippen molar-refractivity contribution in [3.8, 4) is 12.3 Å². The first-order valence-corrected chi connectivity index (χ1v) is 9.56. The molecule has 3 aliphatic carbocycles. The van der Waals surface area contributed by atoms with E-state index in [0.29, 0.717) is 37.4 Å². The minimum absolute atomic E-state index is 0.0132. The van der Waals surface area contributed by atoms with E-state index in [-0.39, 0.29) is 29.7 Å². The van der Waals surface area contributed by atoms with Gasteiger partial charge in [-0.1, -0.05) is 19.1 Å². The first kappa shape index (κ1) is 18.0. The van der Waals surface area contributed by atoms with Gasteiger partial charge in [-0.25, -0.2) is 0 Å². The maximum absolute atomic E-state index is 12.1. The van der Waals surface area contributed by atoms with E-state index in [1.54, 1.807) is 0 Å². The van der Waals surface area contributed by atoms with Gasteiger partial charge in [0.05, 0.1) is 25.0 Å². The van der Waals surface area contributed by atoms with Crippen molar-refractivity contribution in [2.24, 2.45) is 35.5 Å². The predicted molar refractivity (Wildman–Crippen MR) is 94.2 cm³/mol. The molecule has 3 rings (SSSR count). The van der Waals surface area contributed by atoms with Gasteiger partial charge >= 0.3 is 11.9 Å². The number of allylic oxidation sites excluding steroid dienone is 2. The van der Waals surface area contributed by atoms with E-state index in [4.69, 9.17) is 15.9 Å². The molecule has 6 atom stereocenters. The maximum Gasteiger partial charge on any atom is 0.310 e. The van der Waals surface area contributed by atoms with Crippen molar-refractivity contribution < 1.29 is 19.1 Å². The number of ether oxygens (including phenoxy) is 2. The highest BCUT2D eigenvalue weighted by Crippen LogP contribution is 2.43. The first-order chi connectivity index (χ1) is 12.1. The van der Waals surface area contributed by atoms with Crippen LogP contribution in [-0.2, 0) is 19.1 Å². The summed E-state index contributed by atoms with van der Waals surface area (Å²) in [5.41, 5.74) is 0. The summed E-state index contributed by atoms with van der Waals surface area (Å²) < 4.78 is 10.8. The molecule has 0 aliphatic heterocycles. The van der Waals surface area contributed by atoms with Crippen molar-refractivity contribution in [3.05, 3.63) is 12.2 Å². The normalized spacial score (nSPS) is 35.5. The zero-order chi connectivity index (χ0) is 17.8. The van der Waals surface area contributed by atoms with Crippen LogP contribution in [0.2, 0.25) is 0 Å². The second-order valence-electron chi connectivity index (χ2n) is 7.89. The molecular formula is C21H28O4. The van der Waals surface area contributed by atoms with Crippen LogP contribution >= 0.6 is 0 Å². The Kier molecular flexibility index (Phi) is 5.83. The van der Waals surface area contributed by atoms with Crippen LogP contribution in [0.15, 0.2) is 12.2 Å². The number of esters is 2. The molecular weight excluding hydrogens is 316 g/mol. The topological polar surface area (TPSA) is 52.6 Å². The smallest absolute Gasteiger partial charge is 0.310 e. The Morgan fingerprint density at radius 3 is 2.24 bits per heavy atom. The van der Waals surface area contributed by atoms with E-state index in [2.05, 4.69) is 25.0 Å². The molecule has 0 radical (unpaired) electrons. The molecule has 4 heteroatoms. The summed E-state index contributed by atoms with van der Waals surface area (Å²) in [6.07, 6.45) is 15.1. The van der Waals surface area contributed by atoms with Crippen LogP contribution in [0.5, 0.6) is 0 Å². The Labute approximate surface area is 150 Å². The highest BCUT2D eigenvalue weighted by atomic mass is 16.5. The summed E-state index contributed by atoms with van der Waals surface area (Å²) in [6, 6.07) is 0. The molecule has 136 valence electrons. The third-order valence-electron chi connectivity index (χ3n) is 5.92. The lowest BCUT2D eigenvalue weighted by Crippen LogP contribution is -2.22. The van der Waals surface area contributed by atoms with Gasteiger partial charge in [0.2, 0.25) is 0 Å². The lowest BCUT2D eigenvalue weighted by molar-refractivity contribution is -0.151. The SMILES string of the molecule is C#CC1CC(C)CC1C(=O)OCCCCOC(=O)C1CC2C=CC1C2. The van der Waals surface area contributed by atoms with Crippen molar-refractivity contribution >= 4 is 11.9 Å². The quantitative estimate of drug-likeness (QED) is 0.308. The average Bonchev–Trinajstić information content (AvgIpc) is 3.32. The Bertz CT molecular complexity index is 573. The number of carbonyl (C=O) groups is 2. The molecule has 0 amide bonds. The Hall–Kier alpha value is -1.76. The molecule has 0 aromatic carbocycles. The van der Waals surface area contributed by atoms with E-state index in [1.807, 2.05) is 0 Å². The molecule has 3 aliphatic rings. The van der Waals surface area contributed by atoms with Gasteiger partial charge in [0.25, 0.3) is 0 Å². The summed E-state index contributed by atoms with van der Waals surface area (Å²) >= 11 is 0. The molecule has 6 unspecified atom stereocenters. The molecule has 0 aromatic heterocycles. The van der Waals surface area contributed by atoms with Crippen LogP contribution in [0.3, 0.4) is 0 Å². The molecule has 0 spiro atoms. The van der Waals surface area contributed by atoms with E-state index >= 15 is 0 Å². The van der Waals surface area contributed by atoms with Crippen LogP contribution in [0.25, 0.3) is 0 Å². The summed E-state index contributed by atoms with van der Waals surface area (Å²) in [5, 5.41) is 0. The fraction of sp³-hybridized carbons (Fsp3) is 0.714. The highest BCUT2D eigenvalue weighted by molar-refractivity contribution is 5.74. The maximum atomic E-state index is 12.1. The molecule has 25 heavy (non-hydrogen) atoms.